The molecule has 1 heterocycles. The van der Waals surface area contributed by atoms with Gasteiger partial charge in [0.1, 0.15) is 0 Å². The van der Waals surface area contributed by atoms with E-state index < -0.39 is 0 Å². The van der Waals surface area contributed by atoms with Crippen LogP contribution in [0.5, 0.6) is 0 Å². The van der Waals surface area contributed by atoms with Gasteiger partial charge < -0.3 is 5.32 Å². The molecule has 0 amide bonds. The Bertz CT molecular complexity index is 511. The second-order valence-electron chi connectivity index (χ2n) is 4.46. The van der Waals surface area contributed by atoms with Gasteiger partial charge in [0.2, 0.25) is 0 Å². The zero-order valence-electron chi connectivity index (χ0n) is 10.8. The van der Waals surface area contributed by atoms with Crippen molar-refractivity contribution in [1.82, 2.24) is 5.32 Å². The third-order valence-corrected chi connectivity index (χ3v) is 4.55. The molecule has 0 saturated carbocycles. The normalized spacial score (nSPS) is 12.6. The van der Waals surface area contributed by atoms with E-state index in [1.54, 1.807) is 11.3 Å². The highest BCUT2D eigenvalue weighted by Gasteiger charge is 2.14. The molecule has 1 N–H and O–H groups in total. The van der Waals surface area contributed by atoms with Gasteiger partial charge in [-0.15, -0.1) is 11.3 Å². The van der Waals surface area contributed by atoms with Crippen molar-refractivity contribution in [1.29, 1.82) is 0 Å². The van der Waals surface area contributed by atoms with Gasteiger partial charge in [0.05, 0.1) is 0 Å². The van der Waals surface area contributed by atoms with Crippen LogP contribution in [0.25, 0.3) is 0 Å². The summed E-state index contributed by atoms with van der Waals surface area (Å²) in [7, 11) is 0. The van der Waals surface area contributed by atoms with Gasteiger partial charge in [-0.1, -0.05) is 36.2 Å². The fraction of sp³-hybridized carbons (Fsp3) is 0.333. The predicted octanol–water partition coefficient (Wildman–Crippen LogP) is 5.34. The molecule has 1 atom stereocenters. The Morgan fingerprint density at radius 3 is 2.79 bits per heavy atom. The zero-order valence-corrected chi connectivity index (χ0v) is 13.2. The maximum Gasteiger partial charge on any atom is 0.0456 e. The van der Waals surface area contributed by atoms with Crippen LogP contribution >= 0.6 is 34.5 Å². The predicted molar refractivity (Wildman–Crippen MR) is 85.5 cm³/mol. The summed E-state index contributed by atoms with van der Waals surface area (Å²) >= 11 is 14.1. The van der Waals surface area contributed by atoms with E-state index in [0.29, 0.717) is 6.04 Å². The zero-order chi connectivity index (χ0) is 13.7. The highest BCUT2D eigenvalue weighted by molar-refractivity contribution is 7.10. The van der Waals surface area contributed by atoms with Crippen LogP contribution in [0.15, 0.2) is 35.7 Å². The molecule has 2 aromatic rings. The molecule has 0 aliphatic rings. The van der Waals surface area contributed by atoms with Crippen molar-refractivity contribution in [2.24, 2.45) is 0 Å². The summed E-state index contributed by atoms with van der Waals surface area (Å²) in [5, 5.41) is 7.20. The van der Waals surface area contributed by atoms with Crippen LogP contribution in [0.1, 0.15) is 29.8 Å². The van der Waals surface area contributed by atoms with E-state index in [1.807, 2.05) is 18.2 Å². The molecule has 1 unspecified atom stereocenters. The van der Waals surface area contributed by atoms with E-state index in [1.165, 1.54) is 4.88 Å². The van der Waals surface area contributed by atoms with E-state index in [-0.39, 0.29) is 0 Å². The highest BCUT2D eigenvalue weighted by Crippen LogP contribution is 2.28. The minimum absolute atomic E-state index is 0.302. The molecular formula is C15H17Cl2NS. The first kappa shape index (κ1) is 14.9. The van der Waals surface area contributed by atoms with Crippen LogP contribution < -0.4 is 5.32 Å². The molecule has 2 rings (SSSR count). The molecule has 102 valence electrons. The minimum atomic E-state index is 0.302. The second kappa shape index (κ2) is 7.30. The van der Waals surface area contributed by atoms with E-state index in [0.717, 1.165) is 35.0 Å². The highest BCUT2D eigenvalue weighted by atomic mass is 35.5. The standard InChI is InChI=1S/C15H17Cl2NS/c1-2-7-18-14(15-4-3-8-19-15)10-11-9-12(16)5-6-13(11)17/h3-6,8-9,14,18H,2,7,10H2,1H3. The Labute approximate surface area is 128 Å². The smallest absolute Gasteiger partial charge is 0.0456 e. The van der Waals surface area contributed by atoms with Gasteiger partial charge in [-0.3, -0.25) is 0 Å². The lowest BCUT2D eigenvalue weighted by Gasteiger charge is -2.18. The molecule has 0 spiro atoms. The van der Waals surface area contributed by atoms with Crippen LogP contribution in [0.3, 0.4) is 0 Å². The Morgan fingerprint density at radius 2 is 2.11 bits per heavy atom. The largest absolute Gasteiger partial charge is 0.309 e. The van der Waals surface area contributed by atoms with Crippen LogP contribution in [0.2, 0.25) is 10.0 Å². The van der Waals surface area contributed by atoms with Crippen molar-refractivity contribution in [2.75, 3.05) is 6.54 Å². The number of benzene rings is 1. The maximum atomic E-state index is 6.25. The molecule has 0 bridgehead atoms. The van der Waals surface area contributed by atoms with Crippen molar-refractivity contribution in [3.8, 4) is 0 Å². The van der Waals surface area contributed by atoms with Gasteiger partial charge in [-0.25, -0.2) is 0 Å². The van der Waals surface area contributed by atoms with Crippen LogP contribution in [-0.2, 0) is 6.42 Å². The fourth-order valence-corrected chi connectivity index (χ4v) is 3.19. The van der Waals surface area contributed by atoms with Gasteiger partial charge in [-0.05, 0) is 54.6 Å². The average Bonchev–Trinajstić information content (AvgIpc) is 2.92. The molecule has 4 heteroatoms. The summed E-state index contributed by atoms with van der Waals surface area (Å²) < 4.78 is 0. The number of hydrogen-bond acceptors (Lipinski definition) is 2. The number of hydrogen-bond donors (Lipinski definition) is 1. The molecule has 0 saturated heterocycles. The minimum Gasteiger partial charge on any atom is -0.309 e. The Morgan fingerprint density at radius 1 is 1.26 bits per heavy atom. The van der Waals surface area contributed by atoms with Crippen molar-refractivity contribution in [3.63, 3.8) is 0 Å². The summed E-state index contributed by atoms with van der Waals surface area (Å²) in [5.74, 6) is 0. The Hall–Kier alpha value is -0.540. The SMILES string of the molecule is CCCNC(Cc1cc(Cl)ccc1Cl)c1cccs1. The first-order valence-corrected chi connectivity index (χ1v) is 8.05. The first-order valence-electron chi connectivity index (χ1n) is 6.41. The molecule has 1 nitrogen and oxygen atoms in total. The first-order chi connectivity index (χ1) is 9.20. The van der Waals surface area contributed by atoms with Gasteiger partial charge in [0, 0.05) is 21.0 Å². The monoisotopic (exact) mass is 313 g/mol. The molecule has 1 aromatic heterocycles. The van der Waals surface area contributed by atoms with E-state index in [4.69, 9.17) is 23.2 Å². The molecule has 0 radical (unpaired) electrons. The molecule has 1 aromatic carbocycles. The summed E-state index contributed by atoms with van der Waals surface area (Å²) in [5.41, 5.74) is 1.09. The van der Waals surface area contributed by atoms with Gasteiger partial charge >= 0.3 is 0 Å². The number of nitrogens with one attached hydrogen (secondary N) is 1. The molecule has 19 heavy (non-hydrogen) atoms. The maximum absolute atomic E-state index is 6.25. The van der Waals surface area contributed by atoms with Gasteiger partial charge in [0.15, 0.2) is 0 Å². The van der Waals surface area contributed by atoms with Gasteiger partial charge in [0.25, 0.3) is 0 Å². The number of rotatable bonds is 6. The lowest BCUT2D eigenvalue weighted by atomic mass is 10.0. The summed E-state index contributed by atoms with van der Waals surface area (Å²) in [6, 6.07) is 10.2. The molecule has 0 aliphatic heterocycles. The second-order valence-corrected chi connectivity index (χ2v) is 6.28. The molecular weight excluding hydrogens is 297 g/mol. The summed E-state index contributed by atoms with van der Waals surface area (Å²) in [6.45, 7) is 3.17. The summed E-state index contributed by atoms with van der Waals surface area (Å²) in [6.07, 6.45) is 1.98. The van der Waals surface area contributed by atoms with Crippen molar-refractivity contribution in [2.45, 2.75) is 25.8 Å². The van der Waals surface area contributed by atoms with Crippen LogP contribution in [0, 0.1) is 0 Å². The molecule has 0 fully saturated rings. The quantitative estimate of drug-likeness (QED) is 0.759. The van der Waals surface area contributed by atoms with E-state index in [9.17, 15) is 0 Å². The van der Waals surface area contributed by atoms with Crippen molar-refractivity contribution < 1.29 is 0 Å². The van der Waals surface area contributed by atoms with Gasteiger partial charge in [-0.2, -0.15) is 0 Å². The topological polar surface area (TPSA) is 12.0 Å². The van der Waals surface area contributed by atoms with Crippen LogP contribution in [-0.4, -0.2) is 6.54 Å². The lowest BCUT2D eigenvalue weighted by molar-refractivity contribution is 0.536. The third kappa shape index (κ3) is 4.22. The lowest BCUT2D eigenvalue weighted by Crippen LogP contribution is -2.23. The van der Waals surface area contributed by atoms with Crippen molar-refractivity contribution >= 4 is 34.5 Å². The average molecular weight is 314 g/mol. The number of thiophene rings is 1. The fourth-order valence-electron chi connectivity index (χ4n) is 2.00. The molecule has 0 aliphatic carbocycles. The summed E-state index contributed by atoms with van der Waals surface area (Å²) in [4.78, 5) is 1.34. The van der Waals surface area contributed by atoms with Crippen LogP contribution in [0.4, 0.5) is 0 Å². The Balaban J connectivity index is 2.17. The van der Waals surface area contributed by atoms with E-state index >= 15 is 0 Å². The van der Waals surface area contributed by atoms with E-state index in [2.05, 4.69) is 29.8 Å². The van der Waals surface area contributed by atoms with Crippen molar-refractivity contribution in [3.05, 3.63) is 56.2 Å². The Kier molecular flexibility index (Phi) is 5.71. The number of halogens is 2. The third-order valence-electron chi connectivity index (χ3n) is 2.96.